The maximum atomic E-state index is 14.6. The minimum absolute atomic E-state index is 0.0850. The van der Waals surface area contributed by atoms with Crippen LogP contribution in [-0.4, -0.2) is 102 Å². The molecule has 0 bridgehead atoms. The quantitative estimate of drug-likeness (QED) is 0.275. The van der Waals surface area contributed by atoms with E-state index in [0.29, 0.717) is 25.4 Å². The van der Waals surface area contributed by atoms with Gasteiger partial charge in [-0.05, 0) is 42.4 Å². The molecule has 8 nitrogen and oxygen atoms in total. The summed E-state index contributed by atoms with van der Waals surface area (Å²) >= 11 is 0. The van der Waals surface area contributed by atoms with Crippen molar-refractivity contribution in [2.24, 2.45) is 5.92 Å². The molecule has 248 valence electrons. The molecule has 0 spiro atoms. The van der Waals surface area contributed by atoms with Crippen LogP contribution in [0.15, 0.2) is 91.0 Å². The van der Waals surface area contributed by atoms with Crippen LogP contribution in [0.4, 0.5) is 0 Å². The zero-order valence-electron chi connectivity index (χ0n) is 27.8. The zero-order valence-corrected chi connectivity index (χ0v) is 27.8. The molecule has 2 N–H and O–H groups in total. The van der Waals surface area contributed by atoms with Gasteiger partial charge in [-0.1, -0.05) is 91.0 Å². The van der Waals surface area contributed by atoms with Gasteiger partial charge in [-0.25, -0.2) is 0 Å². The van der Waals surface area contributed by atoms with Crippen molar-refractivity contribution in [2.45, 2.75) is 62.1 Å². The van der Waals surface area contributed by atoms with Crippen molar-refractivity contribution in [3.63, 3.8) is 0 Å². The van der Waals surface area contributed by atoms with Crippen LogP contribution in [0.5, 0.6) is 0 Å². The highest BCUT2D eigenvalue weighted by molar-refractivity contribution is 5.93. The number of hydrogen-bond donors (Lipinski definition) is 2. The molecular formula is C39H49N4O4+. The van der Waals surface area contributed by atoms with Crippen LogP contribution >= 0.6 is 0 Å². The summed E-state index contributed by atoms with van der Waals surface area (Å²) in [6.07, 6.45) is 3.03. The molecule has 3 aromatic rings. The molecule has 0 unspecified atom stereocenters. The van der Waals surface area contributed by atoms with Gasteiger partial charge >= 0.3 is 0 Å². The Bertz CT molecular complexity index is 1430. The van der Waals surface area contributed by atoms with Crippen molar-refractivity contribution in [1.82, 2.24) is 15.1 Å². The smallest absolute Gasteiger partial charge is 0.246 e. The standard InChI is InChI=1S/C39H48N4O4/c1-43(2)23-13-14-29(28-43)26-40-37(46)34-21-12-22-41(34)38(47)35-24-33(44)27-42(35)36(45)25-39(30-15-6-3-7-16-30,31-17-8-4-9-18-31)32-19-10-5-11-20-32/h3-11,15-20,29,33-35,44H,12-14,21-28H2,1-2H3/p+1/t29-,33+,34+,35-/m0/s1. The average molecular weight is 638 g/mol. The number of aliphatic hydroxyl groups is 1. The SMILES string of the molecule is C[N+]1(C)CCC[C@@H](CNC(=O)[C@H]2CCCN2C(=O)[C@@H]2C[C@@H](O)CN2C(=O)CC(c2ccccc2)(c2ccccc2)c2ccccc2)C1. The Morgan fingerprint density at radius 3 is 1.94 bits per heavy atom. The monoisotopic (exact) mass is 637 g/mol. The van der Waals surface area contributed by atoms with Gasteiger partial charge in [0.05, 0.1) is 38.7 Å². The summed E-state index contributed by atoms with van der Waals surface area (Å²) in [6, 6.07) is 28.7. The first kappa shape index (κ1) is 32.9. The van der Waals surface area contributed by atoms with Crippen LogP contribution in [0.1, 0.15) is 55.2 Å². The van der Waals surface area contributed by atoms with Crippen LogP contribution in [0.2, 0.25) is 0 Å². The minimum atomic E-state index is -0.817. The Balaban J connectivity index is 1.24. The molecule has 3 aromatic carbocycles. The maximum Gasteiger partial charge on any atom is 0.246 e. The van der Waals surface area contributed by atoms with E-state index in [-0.39, 0.29) is 37.1 Å². The number of piperidine rings is 1. The van der Waals surface area contributed by atoms with Crippen molar-refractivity contribution in [3.05, 3.63) is 108 Å². The summed E-state index contributed by atoms with van der Waals surface area (Å²) in [5, 5.41) is 14.0. The number of carbonyl (C=O) groups is 3. The summed E-state index contributed by atoms with van der Waals surface area (Å²) in [6.45, 7) is 3.36. The number of rotatable bonds is 9. The highest BCUT2D eigenvalue weighted by Gasteiger charge is 2.47. The number of nitrogens with zero attached hydrogens (tertiary/aromatic N) is 3. The lowest BCUT2D eigenvalue weighted by Crippen LogP contribution is -2.54. The lowest BCUT2D eigenvalue weighted by Gasteiger charge is -2.38. The molecule has 3 amide bonds. The number of benzene rings is 3. The Labute approximate surface area is 279 Å². The largest absolute Gasteiger partial charge is 0.391 e. The number of β-amino-alcohol motifs (C(OH)–C–C–N with tert-alkyl or cyclic N) is 1. The van der Waals surface area contributed by atoms with Gasteiger partial charge in [-0.3, -0.25) is 14.4 Å². The molecule has 0 aliphatic carbocycles. The van der Waals surface area contributed by atoms with Gasteiger partial charge in [0, 0.05) is 38.4 Å². The second-order valence-electron chi connectivity index (χ2n) is 14.4. The average Bonchev–Trinajstić information content (AvgIpc) is 3.74. The second kappa shape index (κ2) is 14.0. The van der Waals surface area contributed by atoms with E-state index >= 15 is 0 Å². The lowest BCUT2D eigenvalue weighted by atomic mass is 9.67. The molecule has 3 aliphatic rings. The summed E-state index contributed by atoms with van der Waals surface area (Å²) in [5.74, 6) is -0.132. The number of likely N-dealkylation sites (tertiary alicyclic amines) is 3. The Morgan fingerprint density at radius 1 is 0.809 bits per heavy atom. The van der Waals surface area contributed by atoms with Crippen LogP contribution in [0, 0.1) is 5.92 Å². The molecule has 3 heterocycles. The third-order valence-corrected chi connectivity index (χ3v) is 10.6. The molecular weight excluding hydrogens is 588 g/mol. The Hall–Kier alpha value is -4.01. The van der Waals surface area contributed by atoms with E-state index in [1.165, 1.54) is 0 Å². The van der Waals surface area contributed by atoms with E-state index in [0.717, 1.165) is 53.5 Å². The predicted molar refractivity (Wildman–Crippen MR) is 182 cm³/mol. The normalized spacial score (nSPS) is 24.2. The van der Waals surface area contributed by atoms with Gasteiger partial charge in [0.1, 0.15) is 12.1 Å². The molecule has 6 rings (SSSR count). The van der Waals surface area contributed by atoms with Gasteiger partial charge in [0.2, 0.25) is 17.7 Å². The van der Waals surface area contributed by atoms with Crippen molar-refractivity contribution in [2.75, 3.05) is 46.8 Å². The van der Waals surface area contributed by atoms with Crippen molar-refractivity contribution in [1.29, 1.82) is 0 Å². The Morgan fingerprint density at radius 2 is 1.38 bits per heavy atom. The van der Waals surface area contributed by atoms with Crippen LogP contribution in [-0.2, 0) is 19.8 Å². The third-order valence-electron chi connectivity index (χ3n) is 10.6. The maximum absolute atomic E-state index is 14.6. The van der Waals surface area contributed by atoms with Crippen molar-refractivity contribution >= 4 is 17.7 Å². The number of hydrogen-bond acceptors (Lipinski definition) is 4. The predicted octanol–water partition coefficient (Wildman–Crippen LogP) is 3.97. The number of quaternary nitrogens is 1. The number of aliphatic hydroxyl groups excluding tert-OH is 1. The summed E-state index contributed by atoms with van der Waals surface area (Å²) in [5.41, 5.74) is 2.11. The first-order valence-electron chi connectivity index (χ1n) is 17.2. The van der Waals surface area contributed by atoms with E-state index in [9.17, 15) is 19.5 Å². The fourth-order valence-corrected chi connectivity index (χ4v) is 8.34. The fourth-order valence-electron chi connectivity index (χ4n) is 8.34. The molecule has 3 saturated heterocycles. The third kappa shape index (κ3) is 6.99. The van der Waals surface area contributed by atoms with E-state index in [2.05, 4.69) is 55.8 Å². The summed E-state index contributed by atoms with van der Waals surface area (Å²) in [4.78, 5) is 45.5. The first-order chi connectivity index (χ1) is 22.7. The molecule has 47 heavy (non-hydrogen) atoms. The minimum Gasteiger partial charge on any atom is -0.391 e. The Kier molecular flexibility index (Phi) is 9.80. The molecule has 3 fully saturated rings. The molecule has 0 saturated carbocycles. The first-order valence-corrected chi connectivity index (χ1v) is 17.2. The number of amides is 3. The van der Waals surface area contributed by atoms with Gasteiger partial charge in [-0.2, -0.15) is 0 Å². The van der Waals surface area contributed by atoms with Gasteiger partial charge in [-0.15, -0.1) is 0 Å². The molecule has 0 radical (unpaired) electrons. The van der Waals surface area contributed by atoms with Crippen LogP contribution < -0.4 is 5.32 Å². The van der Waals surface area contributed by atoms with Crippen molar-refractivity contribution in [3.8, 4) is 0 Å². The number of nitrogens with one attached hydrogen (secondary N) is 1. The highest BCUT2D eigenvalue weighted by atomic mass is 16.3. The van der Waals surface area contributed by atoms with Crippen LogP contribution in [0.3, 0.4) is 0 Å². The van der Waals surface area contributed by atoms with Crippen LogP contribution in [0.25, 0.3) is 0 Å². The number of carbonyl (C=O) groups excluding carboxylic acids is 3. The topological polar surface area (TPSA) is 89.9 Å². The van der Waals surface area contributed by atoms with Crippen molar-refractivity contribution < 1.29 is 24.0 Å². The van der Waals surface area contributed by atoms with E-state index in [1.54, 1.807) is 9.80 Å². The van der Waals surface area contributed by atoms with E-state index in [1.807, 2.05) is 54.6 Å². The van der Waals surface area contributed by atoms with Gasteiger partial charge < -0.3 is 24.7 Å². The lowest BCUT2D eigenvalue weighted by molar-refractivity contribution is -0.898. The summed E-state index contributed by atoms with van der Waals surface area (Å²) in [7, 11) is 4.47. The summed E-state index contributed by atoms with van der Waals surface area (Å²) < 4.78 is 0.961. The highest BCUT2D eigenvalue weighted by Crippen LogP contribution is 2.43. The molecule has 8 heteroatoms. The fraction of sp³-hybridized carbons (Fsp3) is 0.462. The second-order valence-corrected chi connectivity index (χ2v) is 14.4. The van der Waals surface area contributed by atoms with Gasteiger partial charge in [0.25, 0.3) is 0 Å². The zero-order chi connectivity index (χ0) is 33.0. The van der Waals surface area contributed by atoms with E-state index in [4.69, 9.17) is 0 Å². The van der Waals surface area contributed by atoms with Gasteiger partial charge in [0.15, 0.2) is 0 Å². The molecule has 3 aliphatic heterocycles. The molecule has 4 atom stereocenters. The van der Waals surface area contributed by atoms with E-state index < -0.39 is 23.6 Å². The molecule has 0 aromatic heterocycles.